The van der Waals surface area contributed by atoms with Gasteiger partial charge in [0.15, 0.2) is 17.6 Å². The van der Waals surface area contributed by atoms with Crippen LogP contribution in [0.5, 0.6) is 17.2 Å². The topological polar surface area (TPSA) is 57.2 Å². The van der Waals surface area contributed by atoms with Gasteiger partial charge in [0, 0.05) is 12.6 Å². The minimum absolute atomic E-state index is 0.0804. The fourth-order valence-corrected chi connectivity index (χ4v) is 6.25. The number of methoxy groups -OCH3 is 1. The van der Waals surface area contributed by atoms with Crippen LogP contribution in [0.25, 0.3) is 0 Å². The average molecular weight is 619 g/mol. The first-order valence-electron chi connectivity index (χ1n) is 14.4. The van der Waals surface area contributed by atoms with E-state index in [-0.39, 0.29) is 24.2 Å². The fraction of sp³-hybridized carbons (Fsp3) is 0.286. The summed E-state index contributed by atoms with van der Waals surface area (Å²) in [5.74, 6) is 1.92. The van der Waals surface area contributed by atoms with E-state index in [9.17, 15) is 4.79 Å². The van der Waals surface area contributed by atoms with E-state index in [4.69, 9.17) is 42.1 Å². The average Bonchev–Trinajstić information content (AvgIpc) is 3.04. The maximum Gasteiger partial charge on any atom is 0.323 e. The molecule has 0 radical (unpaired) electrons. The van der Waals surface area contributed by atoms with Gasteiger partial charge < -0.3 is 18.9 Å². The number of fused-ring (bicyclic) bond motifs is 2. The summed E-state index contributed by atoms with van der Waals surface area (Å²) in [7, 11) is 1.46. The van der Waals surface area contributed by atoms with Crippen LogP contribution in [0.3, 0.4) is 0 Å². The van der Waals surface area contributed by atoms with Gasteiger partial charge in [-0.25, -0.2) is 0 Å². The number of halogens is 2. The number of rotatable bonds is 8. The van der Waals surface area contributed by atoms with Crippen LogP contribution in [0.4, 0.5) is 0 Å². The zero-order valence-corrected chi connectivity index (χ0v) is 25.6. The van der Waals surface area contributed by atoms with Crippen LogP contribution in [0.1, 0.15) is 53.3 Å². The Morgan fingerprint density at radius 3 is 2.44 bits per heavy atom. The molecule has 0 unspecified atom stereocenters. The predicted octanol–water partition coefficient (Wildman–Crippen LogP) is 8.14. The first kappa shape index (κ1) is 29.4. The van der Waals surface area contributed by atoms with Crippen LogP contribution in [0.15, 0.2) is 84.9 Å². The minimum Gasteiger partial charge on any atom is -0.489 e. The molecule has 0 bridgehead atoms. The van der Waals surface area contributed by atoms with Crippen LogP contribution in [-0.4, -0.2) is 30.6 Å². The molecule has 6 nitrogen and oxygen atoms in total. The highest BCUT2D eigenvalue weighted by Crippen LogP contribution is 2.42. The van der Waals surface area contributed by atoms with Gasteiger partial charge in [0.25, 0.3) is 0 Å². The van der Waals surface area contributed by atoms with E-state index in [1.807, 2.05) is 54.6 Å². The summed E-state index contributed by atoms with van der Waals surface area (Å²) in [6.45, 7) is 3.52. The van der Waals surface area contributed by atoms with E-state index in [0.29, 0.717) is 47.7 Å². The van der Waals surface area contributed by atoms with E-state index in [2.05, 4.69) is 30.0 Å². The standard InChI is InChI=1S/C35H33Cl2NO5/c1-3-30(23-7-5-4-6-8-23)38-19-26-18-33-32(17-25(26)16-31(38)35(39)40-2)42-21-34(43-33)24-10-12-27(13-11-24)41-20-22-9-14-28(36)29(37)15-22/h4-15,17-18,30-31,34H,3,16,19-21H2,1-2H3/t30-,31+,34-/m1/s1. The number of ether oxygens (including phenoxy) is 4. The summed E-state index contributed by atoms with van der Waals surface area (Å²) in [4.78, 5) is 15.2. The van der Waals surface area contributed by atoms with Gasteiger partial charge in [-0.3, -0.25) is 9.69 Å². The smallest absolute Gasteiger partial charge is 0.323 e. The highest BCUT2D eigenvalue weighted by atomic mass is 35.5. The molecule has 2 aliphatic heterocycles. The highest BCUT2D eigenvalue weighted by Gasteiger charge is 2.38. The number of esters is 1. The third-order valence-electron chi connectivity index (χ3n) is 8.18. The van der Waals surface area contributed by atoms with E-state index in [1.165, 1.54) is 12.7 Å². The number of benzene rings is 4. The molecule has 0 spiro atoms. The fourth-order valence-electron chi connectivity index (χ4n) is 5.93. The third kappa shape index (κ3) is 6.32. The van der Waals surface area contributed by atoms with E-state index in [0.717, 1.165) is 34.4 Å². The molecule has 0 saturated carbocycles. The van der Waals surface area contributed by atoms with Gasteiger partial charge in [0.1, 0.15) is 25.0 Å². The molecule has 222 valence electrons. The van der Waals surface area contributed by atoms with Gasteiger partial charge in [0.05, 0.1) is 17.2 Å². The quantitative estimate of drug-likeness (QED) is 0.186. The molecule has 0 amide bonds. The minimum atomic E-state index is -0.379. The molecule has 0 aromatic heterocycles. The molecule has 6 rings (SSSR count). The molecular weight excluding hydrogens is 585 g/mol. The zero-order chi connectivity index (χ0) is 29.9. The molecule has 4 aromatic rings. The van der Waals surface area contributed by atoms with Crippen molar-refractivity contribution in [3.05, 3.63) is 123 Å². The maximum absolute atomic E-state index is 13.0. The summed E-state index contributed by atoms with van der Waals surface area (Å²) in [6, 6.07) is 27.4. The van der Waals surface area contributed by atoms with Crippen molar-refractivity contribution in [2.75, 3.05) is 13.7 Å². The Labute approximate surface area is 262 Å². The lowest BCUT2D eigenvalue weighted by atomic mass is 9.89. The lowest BCUT2D eigenvalue weighted by Gasteiger charge is -2.41. The second-order valence-electron chi connectivity index (χ2n) is 10.8. The third-order valence-corrected chi connectivity index (χ3v) is 8.92. The van der Waals surface area contributed by atoms with E-state index < -0.39 is 0 Å². The van der Waals surface area contributed by atoms with Crippen molar-refractivity contribution in [1.82, 2.24) is 4.90 Å². The van der Waals surface area contributed by atoms with Gasteiger partial charge >= 0.3 is 5.97 Å². The summed E-state index contributed by atoms with van der Waals surface area (Å²) in [5, 5.41) is 1.03. The summed E-state index contributed by atoms with van der Waals surface area (Å²) >= 11 is 12.1. The van der Waals surface area contributed by atoms with Crippen LogP contribution in [-0.2, 0) is 29.1 Å². The SMILES string of the molecule is CC[C@H](c1ccccc1)N1Cc2cc3c(cc2C[C@H]1C(=O)OC)OC[C@H](c1ccc(OCc2ccc(Cl)c(Cl)c2)cc1)O3. The van der Waals surface area contributed by atoms with Crippen molar-refractivity contribution in [3.63, 3.8) is 0 Å². The molecule has 0 N–H and O–H groups in total. The first-order valence-corrected chi connectivity index (χ1v) is 15.2. The van der Waals surface area contributed by atoms with Gasteiger partial charge in [-0.15, -0.1) is 0 Å². The zero-order valence-electron chi connectivity index (χ0n) is 24.1. The molecule has 8 heteroatoms. The van der Waals surface area contributed by atoms with E-state index >= 15 is 0 Å². The largest absolute Gasteiger partial charge is 0.489 e. The Bertz CT molecular complexity index is 1590. The Morgan fingerprint density at radius 1 is 0.953 bits per heavy atom. The van der Waals surface area contributed by atoms with Crippen molar-refractivity contribution in [2.24, 2.45) is 0 Å². The van der Waals surface area contributed by atoms with E-state index in [1.54, 1.807) is 12.1 Å². The normalized spacial score (nSPS) is 18.4. The molecule has 0 saturated heterocycles. The van der Waals surface area contributed by atoms with Gasteiger partial charge in [-0.2, -0.15) is 0 Å². The van der Waals surface area contributed by atoms with Crippen molar-refractivity contribution in [1.29, 1.82) is 0 Å². The molecule has 43 heavy (non-hydrogen) atoms. The second-order valence-corrected chi connectivity index (χ2v) is 11.7. The Kier molecular flexibility index (Phi) is 8.80. The monoisotopic (exact) mass is 617 g/mol. The van der Waals surface area contributed by atoms with Crippen LogP contribution in [0.2, 0.25) is 10.0 Å². The van der Waals surface area contributed by atoms with Crippen LogP contribution < -0.4 is 14.2 Å². The van der Waals surface area contributed by atoms with Crippen LogP contribution in [0, 0.1) is 0 Å². The number of hydrogen-bond acceptors (Lipinski definition) is 6. The van der Waals surface area contributed by atoms with Crippen molar-refractivity contribution in [2.45, 2.75) is 51.1 Å². The van der Waals surface area contributed by atoms with Crippen molar-refractivity contribution >= 4 is 29.2 Å². The molecule has 3 atom stereocenters. The summed E-state index contributed by atoms with van der Waals surface area (Å²) in [6.07, 6.45) is 1.16. The van der Waals surface area contributed by atoms with Crippen molar-refractivity contribution < 1.29 is 23.7 Å². The molecule has 0 fully saturated rings. The Balaban J connectivity index is 1.18. The number of carbonyl (C=O) groups is 1. The first-order chi connectivity index (χ1) is 20.9. The summed E-state index contributed by atoms with van der Waals surface area (Å²) in [5.41, 5.74) is 5.33. The lowest BCUT2D eigenvalue weighted by molar-refractivity contribution is -0.149. The van der Waals surface area contributed by atoms with Gasteiger partial charge in [0.2, 0.25) is 0 Å². The molecule has 0 aliphatic carbocycles. The molecule has 2 aliphatic rings. The number of hydrogen-bond donors (Lipinski definition) is 0. The predicted molar refractivity (Wildman–Crippen MR) is 167 cm³/mol. The lowest BCUT2D eigenvalue weighted by Crippen LogP contribution is -2.47. The molecule has 4 aromatic carbocycles. The second kappa shape index (κ2) is 12.9. The van der Waals surface area contributed by atoms with Crippen molar-refractivity contribution in [3.8, 4) is 17.2 Å². The van der Waals surface area contributed by atoms with Gasteiger partial charge in [-0.05, 0) is 77.1 Å². The maximum atomic E-state index is 13.0. The summed E-state index contributed by atoms with van der Waals surface area (Å²) < 4.78 is 23.8. The number of nitrogens with zero attached hydrogens (tertiary/aromatic N) is 1. The Morgan fingerprint density at radius 2 is 1.72 bits per heavy atom. The van der Waals surface area contributed by atoms with Crippen LogP contribution >= 0.6 is 23.2 Å². The molecule has 2 heterocycles. The Hall–Kier alpha value is -3.71. The highest BCUT2D eigenvalue weighted by molar-refractivity contribution is 6.42. The number of carbonyl (C=O) groups excluding carboxylic acids is 1. The molecular formula is C35H33Cl2NO5. The van der Waals surface area contributed by atoms with Gasteiger partial charge in [-0.1, -0.05) is 78.7 Å².